The van der Waals surface area contributed by atoms with Crippen molar-refractivity contribution in [2.75, 3.05) is 25.5 Å². The van der Waals surface area contributed by atoms with Crippen molar-refractivity contribution < 1.29 is 14.4 Å². The molecule has 3 aliphatic rings. The lowest BCUT2D eigenvalue weighted by atomic mass is 9.67. The van der Waals surface area contributed by atoms with Gasteiger partial charge < -0.3 is 4.90 Å². The Morgan fingerprint density at radius 3 is 2.17 bits per heavy atom. The van der Waals surface area contributed by atoms with Crippen molar-refractivity contribution in [1.82, 2.24) is 9.80 Å². The van der Waals surface area contributed by atoms with Crippen LogP contribution in [0.4, 0.5) is 10.5 Å². The second-order valence-electron chi connectivity index (χ2n) is 8.30. The number of carbonyl (C=O) groups excluding carboxylic acids is 3. The average Bonchev–Trinajstić information content (AvgIpc) is 3.22. The van der Waals surface area contributed by atoms with Crippen molar-refractivity contribution in [2.24, 2.45) is 5.41 Å². The van der Waals surface area contributed by atoms with Gasteiger partial charge in [-0.25, -0.2) is 4.79 Å². The summed E-state index contributed by atoms with van der Waals surface area (Å²) in [6.45, 7) is 0.745. The number of barbiturate groups is 1. The molecule has 2 aromatic rings. The Bertz CT molecular complexity index is 995. The maximum Gasteiger partial charge on any atom is 0.332 e. The van der Waals surface area contributed by atoms with Crippen LogP contribution in [0.1, 0.15) is 23.5 Å². The van der Waals surface area contributed by atoms with Crippen LogP contribution in [0, 0.1) is 5.41 Å². The van der Waals surface area contributed by atoms with Gasteiger partial charge in [0.05, 0.1) is 6.04 Å². The number of hydrogen-bond acceptors (Lipinski definition) is 4. The number of anilines is 1. The van der Waals surface area contributed by atoms with Gasteiger partial charge in [0.15, 0.2) is 5.41 Å². The zero-order valence-corrected chi connectivity index (χ0v) is 16.5. The Labute approximate surface area is 169 Å². The van der Waals surface area contributed by atoms with Gasteiger partial charge in [-0.1, -0.05) is 48.5 Å². The van der Waals surface area contributed by atoms with E-state index < -0.39 is 11.4 Å². The Morgan fingerprint density at radius 2 is 1.48 bits per heavy atom. The summed E-state index contributed by atoms with van der Waals surface area (Å²) in [6.07, 6.45) is 1.02. The molecule has 0 saturated carbocycles. The molecule has 0 bridgehead atoms. The van der Waals surface area contributed by atoms with Gasteiger partial charge in [0.1, 0.15) is 0 Å². The van der Waals surface area contributed by atoms with Crippen LogP contribution in [-0.4, -0.2) is 54.3 Å². The predicted octanol–water partition coefficient (Wildman–Crippen LogP) is 2.64. The maximum absolute atomic E-state index is 13.5. The molecule has 2 unspecified atom stereocenters. The minimum Gasteiger partial charge on any atom is -0.366 e. The fourth-order valence-corrected chi connectivity index (χ4v) is 5.42. The second-order valence-corrected chi connectivity index (χ2v) is 8.30. The molecule has 0 N–H and O–H groups in total. The number of hydrogen-bond donors (Lipinski definition) is 0. The van der Waals surface area contributed by atoms with Gasteiger partial charge in [0, 0.05) is 32.2 Å². The monoisotopic (exact) mass is 389 g/mol. The number of amides is 4. The van der Waals surface area contributed by atoms with Crippen LogP contribution >= 0.6 is 0 Å². The zero-order valence-electron chi connectivity index (χ0n) is 16.5. The van der Waals surface area contributed by atoms with E-state index in [0.29, 0.717) is 12.8 Å². The van der Waals surface area contributed by atoms with E-state index in [9.17, 15) is 14.4 Å². The Hall–Kier alpha value is -3.15. The van der Waals surface area contributed by atoms with E-state index in [1.807, 2.05) is 36.4 Å². The minimum absolute atomic E-state index is 0.220. The second kappa shape index (κ2) is 6.17. The molecule has 6 heteroatoms. The van der Waals surface area contributed by atoms with Crippen LogP contribution < -0.4 is 4.90 Å². The highest BCUT2D eigenvalue weighted by Crippen LogP contribution is 2.51. The number of fused-ring (bicyclic) bond motifs is 4. The van der Waals surface area contributed by atoms with E-state index in [2.05, 4.69) is 23.1 Å². The summed E-state index contributed by atoms with van der Waals surface area (Å²) in [4.78, 5) is 43.8. The first-order chi connectivity index (χ1) is 13.9. The van der Waals surface area contributed by atoms with Crippen LogP contribution in [0.25, 0.3) is 0 Å². The number of para-hydroxylation sites is 1. The molecule has 2 saturated heterocycles. The average molecular weight is 389 g/mol. The van der Waals surface area contributed by atoms with Crippen molar-refractivity contribution >= 4 is 23.5 Å². The first kappa shape index (κ1) is 17.9. The third-order valence-electron chi connectivity index (χ3n) is 6.86. The normalized spacial score (nSPS) is 25.4. The van der Waals surface area contributed by atoms with Crippen molar-refractivity contribution in [1.29, 1.82) is 0 Å². The molecule has 1 spiro atoms. The van der Waals surface area contributed by atoms with Crippen molar-refractivity contribution in [3.8, 4) is 0 Å². The predicted molar refractivity (Wildman–Crippen MR) is 108 cm³/mol. The van der Waals surface area contributed by atoms with E-state index in [1.165, 1.54) is 19.7 Å². The Kier molecular flexibility index (Phi) is 3.81. The molecule has 2 fully saturated rings. The fourth-order valence-electron chi connectivity index (χ4n) is 5.42. The van der Waals surface area contributed by atoms with Crippen molar-refractivity contribution in [3.63, 3.8) is 0 Å². The Balaban J connectivity index is 1.66. The summed E-state index contributed by atoms with van der Waals surface area (Å²) in [7, 11) is 2.95. The smallest absolute Gasteiger partial charge is 0.332 e. The van der Waals surface area contributed by atoms with Gasteiger partial charge in [-0.15, -0.1) is 0 Å². The largest absolute Gasteiger partial charge is 0.366 e. The highest BCUT2D eigenvalue weighted by atomic mass is 16.2. The lowest BCUT2D eigenvalue weighted by Crippen LogP contribution is -2.70. The third kappa shape index (κ3) is 2.32. The molecule has 5 rings (SSSR count). The zero-order chi connectivity index (χ0) is 20.3. The van der Waals surface area contributed by atoms with Gasteiger partial charge in [-0.05, 0) is 30.0 Å². The Morgan fingerprint density at radius 1 is 0.862 bits per heavy atom. The van der Waals surface area contributed by atoms with E-state index in [1.54, 1.807) is 0 Å². The van der Waals surface area contributed by atoms with E-state index in [4.69, 9.17) is 0 Å². The molecule has 2 aromatic carbocycles. The topological polar surface area (TPSA) is 60.9 Å². The summed E-state index contributed by atoms with van der Waals surface area (Å²) in [5, 5.41) is 0. The quantitative estimate of drug-likeness (QED) is 0.704. The molecule has 0 radical (unpaired) electrons. The molecule has 6 nitrogen and oxygen atoms in total. The van der Waals surface area contributed by atoms with Crippen LogP contribution in [-0.2, 0) is 16.0 Å². The van der Waals surface area contributed by atoms with Gasteiger partial charge >= 0.3 is 6.03 Å². The third-order valence-corrected chi connectivity index (χ3v) is 6.86. The summed E-state index contributed by atoms with van der Waals surface area (Å²) < 4.78 is 0. The van der Waals surface area contributed by atoms with Crippen LogP contribution in [0.2, 0.25) is 0 Å². The molecule has 148 valence electrons. The van der Waals surface area contributed by atoms with Crippen LogP contribution in [0.3, 0.4) is 0 Å². The standard InChI is InChI=1S/C23H23N3O3/c1-24-20(27)23(21(28)25(2)22(24)29)13-16-10-6-7-11-18(16)26-14-17(12-19(23)26)15-8-4-3-5-9-15/h3-11,17,19H,12-14H2,1-2H3. The van der Waals surface area contributed by atoms with E-state index >= 15 is 0 Å². The van der Waals surface area contributed by atoms with Gasteiger partial charge in [0.2, 0.25) is 11.8 Å². The van der Waals surface area contributed by atoms with Crippen LogP contribution in [0.15, 0.2) is 54.6 Å². The SMILES string of the molecule is CN1C(=O)N(C)C(=O)C2(Cc3ccccc3N3CC(c4ccccc4)CC32)C1=O. The lowest BCUT2D eigenvalue weighted by Gasteiger charge is -2.50. The van der Waals surface area contributed by atoms with Gasteiger partial charge in [-0.2, -0.15) is 0 Å². The van der Waals surface area contributed by atoms with Gasteiger partial charge in [0.25, 0.3) is 0 Å². The first-order valence-corrected chi connectivity index (χ1v) is 9.95. The molecule has 2 atom stereocenters. The van der Waals surface area contributed by atoms with Crippen LogP contribution in [0.5, 0.6) is 0 Å². The lowest BCUT2D eigenvalue weighted by molar-refractivity contribution is -0.159. The molecule has 4 amide bonds. The molecular weight excluding hydrogens is 366 g/mol. The first-order valence-electron chi connectivity index (χ1n) is 9.95. The summed E-state index contributed by atoms with van der Waals surface area (Å²) >= 11 is 0. The molecule has 0 aromatic heterocycles. The number of rotatable bonds is 1. The number of imide groups is 2. The molecule has 29 heavy (non-hydrogen) atoms. The summed E-state index contributed by atoms with van der Waals surface area (Å²) in [5.74, 6) is -0.550. The number of carbonyl (C=O) groups is 3. The molecular formula is C23H23N3O3. The maximum atomic E-state index is 13.5. The molecule has 3 aliphatic heterocycles. The van der Waals surface area contributed by atoms with E-state index in [0.717, 1.165) is 27.6 Å². The van der Waals surface area contributed by atoms with E-state index in [-0.39, 0.29) is 23.8 Å². The van der Waals surface area contributed by atoms with Crippen molar-refractivity contribution in [3.05, 3.63) is 65.7 Å². The fraction of sp³-hybridized carbons (Fsp3) is 0.348. The minimum atomic E-state index is -1.27. The highest BCUT2D eigenvalue weighted by molar-refractivity contribution is 6.20. The number of urea groups is 1. The summed E-state index contributed by atoms with van der Waals surface area (Å²) in [6, 6.07) is 17.4. The molecule has 0 aliphatic carbocycles. The molecule has 3 heterocycles. The summed E-state index contributed by atoms with van der Waals surface area (Å²) in [5.41, 5.74) is 2.01. The van der Waals surface area contributed by atoms with Crippen molar-refractivity contribution in [2.45, 2.75) is 24.8 Å². The highest BCUT2D eigenvalue weighted by Gasteiger charge is 2.64. The number of nitrogens with zero attached hydrogens (tertiary/aromatic N) is 3. The number of benzene rings is 2. The van der Waals surface area contributed by atoms with Gasteiger partial charge in [-0.3, -0.25) is 19.4 Å².